The highest BCUT2D eigenvalue weighted by molar-refractivity contribution is 6.15. The van der Waals surface area contributed by atoms with Crippen LogP contribution in [0.4, 0.5) is 0 Å². The van der Waals surface area contributed by atoms with E-state index in [1.54, 1.807) is 13.0 Å². The molecule has 1 fully saturated rings. The fourth-order valence-electron chi connectivity index (χ4n) is 3.09. The Bertz CT molecular complexity index is 810. The molecule has 0 unspecified atom stereocenters. The molecule has 1 aliphatic carbocycles. The van der Waals surface area contributed by atoms with E-state index in [1.807, 2.05) is 30.3 Å². The Hall–Kier alpha value is -3.03. The summed E-state index contributed by atoms with van der Waals surface area (Å²) in [6.45, 7) is 1.35. The van der Waals surface area contributed by atoms with Gasteiger partial charge in [-0.2, -0.15) is 4.68 Å². The fraction of sp³-hybridized carbons (Fsp3) is 0.421. The minimum atomic E-state index is -0.659. The summed E-state index contributed by atoms with van der Waals surface area (Å²) in [5.41, 5.74) is 0.945. The van der Waals surface area contributed by atoms with E-state index >= 15 is 0 Å². The molecule has 0 atom stereocenters. The van der Waals surface area contributed by atoms with E-state index in [-0.39, 0.29) is 24.3 Å². The molecule has 27 heavy (non-hydrogen) atoms. The second kappa shape index (κ2) is 9.07. The number of nitrogens with zero attached hydrogens (tertiary/aromatic N) is 4. The van der Waals surface area contributed by atoms with Crippen molar-refractivity contribution in [3.8, 4) is 0 Å². The Kier molecular flexibility index (Phi) is 6.30. The number of benzene rings is 1. The summed E-state index contributed by atoms with van der Waals surface area (Å²) in [4.78, 5) is 24.7. The van der Waals surface area contributed by atoms with E-state index in [4.69, 9.17) is 4.74 Å². The van der Waals surface area contributed by atoms with Crippen LogP contribution in [0.1, 0.15) is 43.5 Å². The number of carbonyl (C=O) groups is 2. The Morgan fingerprint density at radius 1 is 1.22 bits per heavy atom. The molecule has 0 spiro atoms. The zero-order chi connectivity index (χ0) is 19.1. The van der Waals surface area contributed by atoms with E-state index in [9.17, 15) is 9.59 Å². The van der Waals surface area contributed by atoms with Crippen LogP contribution in [0.2, 0.25) is 0 Å². The first-order chi connectivity index (χ1) is 13.1. The predicted molar refractivity (Wildman–Crippen MR) is 99.1 cm³/mol. The van der Waals surface area contributed by atoms with Gasteiger partial charge in [0.1, 0.15) is 0 Å². The van der Waals surface area contributed by atoms with Gasteiger partial charge in [-0.25, -0.2) is 4.79 Å². The van der Waals surface area contributed by atoms with E-state index in [1.165, 1.54) is 11.1 Å². The number of carbonyl (C=O) groups excluding carboxylic acids is 2. The molecule has 0 radical (unpaired) electrons. The lowest BCUT2D eigenvalue weighted by Crippen LogP contribution is -2.38. The summed E-state index contributed by atoms with van der Waals surface area (Å²) >= 11 is 0. The number of amides is 1. The largest absolute Gasteiger partial charge is 0.451 e. The molecule has 1 aromatic heterocycles. The van der Waals surface area contributed by atoms with E-state index in [0.29, 0.717) is 5.82 Å². The van der Waals surface area contributed by atoms with Crippen molar-refractivity contribution < 1.29 is 14.3 Å². The van der Waals surface area contributed by atoms with Gasteiger partial charge in [-0.05, 0) is 41.8 Å². The van der Waals surface area contributed by atoms with Gasteiger partial charge < -0.3 is 10.1 Å². The second-order valence-electron chi connectivity index (χ2n) is 6.56. The summed E-state index contributed by atoms with van der Waals surface area (Å²) in [5, 5.41) is 14.1. The molecule has 1 aromatic carbocycles. The Balaban J connectivity index is 1.67. The lowest BCUT2D eigenvalue weighted by atomic mass is 9.95. The number of aryl methyl sites for hydroxylation is 1. The van der Waals surface area contributed by atoms with E-state index < -0.39 is 5.97 Å². The van der Waals surface area contributed by atoms with Gasteiger partial charge in [-0.15, -0.1) is 5.10 Å². The second-order valence-corrected chi connectivity index (χ2v) is 6.56. The summed E-state index contributed by atoms with van der Waals surface area (Å²) in [5.74, 6) is -0.503. The number of nitrogens with one attached hydrogen (secondary N) is 1. The third kappa shape index (κ3) is 5.22. The normalized spacial score (nSPS) is 15.4. The van der Waals surface area contributed by atoms with Crippen LogP contribution < -0.4 is 5.32 Å². The molecule has 0 saturated heterocycles. The molecule has 2 aromatic rings. The number of ether oxygens (including phenoxy) is 1. The highest BCUT2D eigenvalue weighted by atomic mass is 16.5. The van der Waals surface area contributed by atoms with Crippen LogP contribution in [-0.4, -0.2) is 44.7 Å². The summed E-state index contributed by atoms with van der Waals surface area (Å²) in [7, 11) is 0. The fourth-order valence-corrected chi connectivity index (χ4v) is 3.09. The molecule has 142 valence electrons. The number of tetrazole rings is 1. The average Bonchev–Trinajstić information content (AvgIpc) is 3.11. The van der Waals surface area contributed by atoms with Crippen molar-refractivity contribution in [3.63, 3.8) is 0 Å². The molecule has 1 aliphatic rings. The molecule has 1 heterocycles. The molecule has 8 heteroatoms. The summed E-state index contributed by atoms with van der Waals surface area (Å²) in [6.07, 6.45) is 7.02. The van der Waals surface area contributed by atoms with Gasteiger partial charge in [0, 0.05) is 6.04 Å². The summed E-state index contributed by atoms with van der Waals surface area (Å²) < 4.78 is 6.52. The van der Waals surface area contributed by atoms with Crippen molar-refractivity contribution in [2.75, 3.05) is 6.61 Å². The first kappa shape index (κ1) is 18.8. The zero-order valence-electron chi connectivity index (χ0n) is 15.3. The molecular weight excluding hydrogens is 346 g/mol. The molecule has 1 N–H and O–H groups in total. The maximum atomic E-state index is 12.6. The van der Waals surface area contributed by atoms with Crippen LogP contribution in [0.5, 0.6) is 0 Å². The number of hydrogen-bond donors (Lipinski definition) is 1. The number of esters is 1. The SMILES string of the molecule is Cc1nnnn1/C(=C/c1ccccc1)C(=O)OCC(=O)NC1CCCCC1. The minimum absolute atomic E-state index is 0.147. The molecule has 3 rings (SSSR count). The van der Waals surface area contributed by atoms with Crippen molar-refractivity contribution in [2.24, 2.45) is 0 Å². The summed E-state index contributed by atoms with van der Waals surface area (Å²) in [6, 6.07) is 9.47. The molecular formula is C19H23N5O3. The van der Waals surface area contributed by atoms with Gasteiger partial charge in [0.25, 0.3) is 5.91 Å². The van der Waals surface area contributed by atoms with Crippen LogP contribution in [0.25, 0.3) is 11.8 Å². The van der Waals surface area contributed by atoms with Crippen molar-refractivity contribution in [1.29, 1.82) is 0 Å². The predicted octanol–water partition coefficient (Wildman–Crippen LogP) is 1.97. The highest BCUT2D eigenvalue weighted by Crippen LogP contribution is 2.17. The smallest absolute Gasteiger partial charge is 0.357 e. The van der Waals surface area contributed by atoms with Gasteiger partial charge in [0.2, 0.25) is 0 Å². The van der Waals surface area contributed by atoms with Crippen LogP contribution in [0.15, 0.2) is 30.3 Å². The maximum Gasteiger partial charge on any atom is 0.357 e. The molecule has 8 nitrogen and oxygen atoms in total. The topological polar surface area (TPSA) is 99.0 Å². The van der Waals surface area contributed by atoms with Crippen molar-refractivity contribution in [1.82, 2.24) is 25.5 Å². The maximum absolute atomic E-state index is 12.6. The first-order valence-corrected chi connectivity index (χ1v) is 9.12. The quantitative estimate of drug-likeness (QED) is 0.617. The molecule has 1 saturated carbocycles. The molecule has 1 amide bonds. The lowest BCUT2D eigenvalue weighted by molar-refractivity contribution is -0.143. The van der Waals surface area contributed by atoms with Gasteiger partial charge >= 0.3 is 5.97 Å². The van der Waals surface area contributed by atoms with Crippen LogP contribution >= 0.6 is 0 Å². The number of rotatable bonds is 6. The lowest BCUT2D eigenvalue weighted by Gasteiger charge is -2.22. The van der Waals surface area contributed by atoms with E-state index in [0.717, 1.165) is 31.2 Å². The van der Waals surface area contributed by atoms with E-state index in [2.05, 4.69) is 20.8 Å². The Morgan fingerprint density at radius 3 is 2.63 bits per heavy atom. The number of aromatic nitrogens is 4. The van der Waals surface area contributed by atoms with Crippen LogP contribution in [0.3, 0.4) is 0 Å². The Labute approximate surface area is 157 Å². The van der Waals surface area contributed by atoms with Gasteiger partial charge in [0.05, 0.1) is 0 Å². The van der Waals surface area contributed by atoms with Crippen LogP contribution in [-0.2, 0) is 14.3 Å². The van der Waals surface area contributed by atoms with Gasteiger partial charge in [-0.1, -0.05) is 49.6 Å². The standard InChI is InChI=1S/C19H23N5O3/c1-14-21-22-23-24(14)17(12-15-8-4-2-5-9-15)19(26)27-13-18(25)20-16-10-6-3-7-11-16/h2,4-5,8-9,12,16H,3,6-7,10-11,13H2,1H3,(H,20,25)/b17-12+. The average molecular weight is 369 g/mol. The minimum Gasteiger partial charge on any atom is -0.451 e. The van der Waals surface area contributed by atoms with Crippen molar-refractivity contribution in [2.45, 2.75) is 45.1 Å². The third-order valence-corrected chi connectivity index (χ3v) is 4.47. The first-order valence-electron chi connectivity index (χ1n) is 9.12. The van der Waals surface area contributed by atoms with Gasteiger partial charge in [0.15, 0.2) is 18.1 Å². The monoisotopic (exact) mass is 369 g/mol. The third-order valence-electron chi connectivity index (χ3n) is 4.47. The number of hydrogen-bond acceptors (Lipinski definition) is 6. The molecule has 0 aliphatic heterocycles. The zero-order valence-corrected chi connectivity index (χ0v) is 15.3. The molecule has 0 bridgehead atoms. The Morgan fingerprint density at radius 2 is 1.96 bits per heavy atom. The van der Waals surface area contributed by atoms with Crippen LogP contribution in [0, 0.1) is 6.92 Å². The van der Waals surface area contributed by atoms with Crippen molar-refractivity contribution in [3.05, 3.63) is 41.7 Å². The highest BCUT2D eigenvalue weighted by Gasteiger charge is 2.20. The van der Waals surface area contributed by atoms with Crippen molar-refractivity contribution >= 4 is 23.6 Å². The van der Waals surface area contributed by atoms with Gasteiger partial charge in [-0.3, -0.25) is 4.79 Å².